The standard InChI is InChI=1S/C10H18ClN5O/c1-16(5-6-17-2)4-3-13-9-7-8(11)14-10(12)15-9/h7H,3-6H2,1-2H3,(H3,12,13,14,15). The summed E-state index contributed by atoms with van der Waals surface area (Å²) in [4.78, 5) is 9.96. The van der Waals surface area contributed by atoms with E-state index in [1.54, 1.807) is 13.2 Å². The number of nitrogens with two attached hydrogens (primary N) is 1. The maximum Gasteiger partial charge on any atom is 0.223 e. The normalized spacial score (nSPS) is 10.8. The Morgan fingerprint density at radius 3 is 2.88 bits per heavy atom. The van der Waals surface area contributed by atoms with E-state index < -0.39 is 0 Å². The van der Waals surface area contributed by atoms with E-state index >= 15 is 0 Å². The zero-order valence-corrected chi connectivity index (χ0v) is 10.9. The highest BCUT2D eigenvalue weighted by molar-refractivity contribution is 6.29. The van der Waals surface area contributed by atoms with Crippen LogP contribution in [-0.4, -0.2) is 55.3 Å². The SMILES string of the molecule is COCCN(C)CCNc1cc(Cl)nc(N)n1. The first-order valence-corrected chi connectivity index (χ1v) is 5.71. The van der Waals surface area contributed by atoms with Gasteiger partial charge in [0.15, 0.2) is 0 Å². The molecule has 0 amide bonds. The van der Waals surface area contributed by atoms with E-state index in [0.29, 0.717) is 11.0 Å². The Morgan fingerprint density at radius 1 is 1.47 bits per heavy atom. The number of aromatic nitrogens is 2. The van der Waals surface area contributed by atoms with Crippen LogP contribution in [0, 0.1) is 0 Å². The summed E-state index contributed by atoms with van der Waals surface area (Å²) in [5, 5.41) is 3.48. The molecule has 0 radical (unpaired) electrons. The fourth-order valence-corrected chi connectivity index (χ4v) is 1.45. The van der Waals surface area contributed by atoms with Crippen LogP contribution >= 0.6 is 11.6 Å². The van der Waals surface area contributed by atoms with Gasteiger partial charge in [0.2, 0.25) is 5.95 Å². The van der Waals surface area contributed by atoms with Gasteiger partial charge in [-0.1, -0.05) is 11.6 Å². The van der Waals surface area contributed by atoms with Gasteiger partial charge >= 0.3 is 0 Å². The second kappa shape index (κ2) is 7.26. The third kappa shape index (κ3) is 5.67. The van der Waals surface area contributed by atoms with E-state index in [1.165, 1.54) is 0 Å². The first-order chi connectivity index (χ1) is 8.11. The van der Waals surface area contributed by atoms with Crippen molar-refractivity contribution in [1.29, 1.82) is 0 Å². The summed E-state index contributed by atoms with van der Waals surface area (Å²) >= 11 is 5.76. The molecule has 0 aliphatic heterocycles. The number of methoxy groups -OCH3 is 1. The number of halogens is 1. The molecule has 0 saturated heterocycles. The molecule has 1 rings (SSSR count). The van der Waals surface area contributed by atoms with Crippen LogP contribution in [0.3, 0.4) is 0 Å². The zero-order chi connectivity index (χ0) is 12.7. The molecule has 96 valence electrons. The molecular formula is C10H18ClN5O. The maximum atomic E-state index is 5.76. The highest BCUT2D eigenvalue weighted by Gasteiger charge is 2.01. The van der Waals surface area contributed by atoms with Crippen LogP contribution in [0.4, 0.5) is 11.8 Å². The zero-order valence-electron chi connectivity index (χ0n) is 10.1. The molecule has 0 atom stereocenters. The second-order valence-electron chi connectivity index (χ2n) is 3.66. The summed E-state index contributed by atoms with van der Waals surface area (Å²) in [5.74, 6) is 0.815. The van der Waals surface area contributed by atoms with Gasteiger partial charge < -0.3 is 20.7 Å². The predicted molar refractivity (Wildman–Crippen MR) is 69.3 cm³/mol. The topological polar surface area (TPSA) is 76.3 Å². The van der Waals surface area contributed by atoms with Crippen molar-refractivity contribution >= 4 is 23.4 Å². The Hall–Kier alpha value is -1.11. The van der Waals surface area contributed by atoms with E-state index in [1.807, 2.05) is 7.05 Å². The molecule has 1 heterocycles. The fraction of sp³-hybridized carbons (Fsp3) is 0.600. The fourth-order valence-electron chi connectivity index (χ4n) is 1.26. The van der Waals surface area contributed by atoms with Gasteiger partial charge in [0.05, 0.1) is 6.61 Å². The number of hydrogen-bond acceptors (Lipinski definition) is 6. The molecule has 1 aromatic heterocycles. The average molecular weight is 260 g/mol. The van der Waals surface area contributed by atoms with Gasteiger partial charge in [-0.3, -0.25) is 0 Å². The first-order valence-electron chi connectivity index (χ1n) is 5.33. The molecule has 7 heteroatoms. The Kier molecular flexibility index (Phi) is 5.96. The monoisotopic (exact) mass is 259 g/mol. The van der Waals surface area contributed by atoms with Crippen LogP contribution in [0.2, 0.25) is 5.15 Å². The van der Waals surface area contributed by atoms with Gasteiger partial charge in [0.1, 0.15) is 11.0 Å². The Balaban J connectivity index is 2.30. The van der Waals surface area contributed by atoms with E-state index in [4.69, 9.17) is 22.1 Å². The van der Waals surface area contributed by atoms with Crippen molar-refractivity contribution in [2.75, 3.05) is 51.4 Å². The summed E-state index contributed by atoms with van der Waals surface area (Å²) in [6.07, 6.45) is 0. The predicted octanol–water partition coefficient (Wildman–Crippen LogP) is 0.702. The number of anilines is 2. The van der Waals surface area contributed by atoms with Gasteiger partial charge in [0, 0.05) is 32.8 Å². The number of nitrogen functional groups attached to an aromatic ring is 1. The van der Waals surface area contributed by atoms with Crippen molar-refractivity contribution < 1.29 is 4.74 Å². The quantitative estimate of drug-likeness (QED) is 0.702. The van der Waals surface area contributed by atoms with Gasteiger partial charge in [-0.15, -0.1) is 0 Å². The Bertz CT molecular complexity index is 329. The van der Waals surface area contributed by atoms with Gasteiger partial charge in [-0.2, -0.15) is 4.98 Å². The average Bonchev–Trinajstić information content (AvgIpc) is 2.25. The minimum Gasteiger partial charge on any atom is -0.383 e. The smallest absolute Gasteiger partial charge is 0.223 e. The molecule has 0 unspecified atom stereocenters. The van der Waals surface area contributed by atoms with Crippen LogP contribution in [-0.2, 0) is 4.74 Å². The first kappa shape index (κ1) is 14.0. The number of rotatable bonds is 7. The van der Waals surface area contributed by atoms with Crippen molar-refractivity contribution in [3.63, 3.8) is 0 Å². The molecule has 0 aliphatic carbocycles. The molecule has 17 heavy (non-hydrogen) atoms. The maximum absolute atomic E-state index is 5.76. The summed E-state index contributed by atoms with van der Waals surface area (Å²) in [6, 6.07) is 1.65. The molecule has 0 aliphatic rings. The molecule has 0 bridgehead atoms. The van der Waals surface area contributed by atoms with Crippen molar-refractivity contribution in [2.45, 2.75) is 0 Å². The molecule has 3 N–H and O–H groups in total. The number of nitrogens with zero attached hydrogens (tertiary/aromatic N) is 3. The second-order valence-corrected chi connectivity index (χ2v) is 4.04. The number of ether oxygens (including phenoxy) is 1. The van der Waals surface area contributed by atoms with Gasteiger partial charge in [-0.25, -0.2) is 4.98 Å². The minimum absolute atomic E-state index is 0.174. The van der Waals surface area contributed by atoms with Crippen LogP contribution in [0.1, 0.15) is 0 Å². The van der Waals surface area contributed by atoms with Crippen molar-refractivity contribution in [2.24, 2.45) is 0 Å². The molecule has 0 saturated carbocycles. The molecule has 1 aromatic rings. The Morgan fingerprint density at radius 2 is 2.24 bits per heavy atom. The largest absolute Gasteiger partial charge is 0.383 e. The molecule has 0 fully saturated rings. The molecule has 0 aromatic carbocycles. The number of hydrogen-bond donors (Lipinski definition) is 2. The lowest BCUT2D eigenvalue weighted by molar-refractivity contribution is 0.163. The van der Waals surface area contributed by atoms with Crippen LogP contribution < -0.4 is 11.1 Å². The van der Waals surface area contributed by atoms with Gasteiger partial charge in [0.25, 0.3) is 0 Å². The van der Waals surface area contributed by atoms with Gasteiger partial charge in [-0.05, 0) is 7.05 Å². The van der Waals surface area contributed by atoms with E-state index in [0.717, 1.165) is 26.2 Å². The van der Waals surface area contributed by atoms with E-state index in [2.05, 4.69) is 20.2 Å². The highest BCUT2D eigenvalue weighted by Crippen LogP contribution is 2.11. The van der Waals surface area contributed by atoms with Crippen molar-refractivity contribution in [3.8, 4) is 0 Å². The van der Waals surface area contributed by atoms with Crippen LogP contribution in [0.15, 0.2) is 6.07 Å². The number of likely N-dealkylation sites (N-methyl/N-ethyl adjacent to an activating group) is 1. The lowest BCUT2D eigenvalue weighted by atomic mass is 10.5. The lowest BCUT2D eigenvalue weighted by Crippen LogP contribution is -2.28. The Labute approximate surface area is 106 Å². The summed E-state index contributed by atoms with van der Waals surface area (Å²) < 4.78 is 4.99. The summed E-state index contributed by atoms with van der Waals surface area (Å²) in [7, 11) is 3.72. The third-order valence-electron chi connectivity index (χ3n) is 2.19. The minimum atomic E-state index is 0.174. The third-order valence-corrected chi connectivity index (χ3v) is 2.38. The summed E-state index contributed by atoms with van der Waals surface area (Å²) in [5.41, 5.74) is 5.48. The highest BCUT2D eigenvalue weighted by atomic mass is 35.5. The van der Waals surface area contributed by atoms with Crippen molar-refractivity contribution in [3.05, 3.63) is 11.2 Å². The molecular weight excluding hydrogens is 242 g/mol. The van der Waals surface area contributed by atoms with E-state index in [9.17, 15) is 0 Å². The summed E-state index contributed by atoms with van der Waals surface area (Å²) in [6.45, 7) is 3.26. The number of nitrogens with one attached hydrogen (secondary N) is 1. The lowest BCUT2D eigenvalue weighted by Gasteiger charge is -2.16. The molecule has 0 spiro atoms. The van der Waals surface area contributed by atoms with Crippen molar-refractivity contribution in [1.82, 2.24) is 14.9 Å². The van der Waals surface area contributed by atoms with E-state index in [-0.39, 0.29) is 5.95 Å². The van der Waals surface area contributed by atoms with Crippen LogP contribution in [0.25, 0.3) is 0 Å². The van der Waals surface area contributed by atoms with Crippen LogP contribution in [0.5, 0.6) is 0 Å². The molecule has 6 nitrogen and oxygen atoms in total.